The van der Waals surface area contributed by atoms with Crippen LogP contribution in [0.3, 0.4) is 0 Å². The smallest absolute Gasteiger partial charge is 0.407 e. The summed E-state index contributed by atoms with van der Waals surface area (Å²) in [6.45, 7) is 15.3. The summed E-state index contributed by atoms with van der Waals surface area (Å²) in [5.74, 6) is 4.60. The van der Waals surface area contributed by atoms with E-state index in [1.165, 1.54) is 65.3 Å². The third kappa shape index (κ3) is 23.6. The van der Waals surface area contributed by atoms with E-state index in [9.17, 15) is 14.4 Å². The van der Waals surface area contributed by atoms with Crippen LogP contribution in [0.25, 0.3) is 99.2 Å². The van der Waals surface area contributed by atoms with Crippen molar-refractivity contribution in [3.8, 4) is 34.2 Å². The molecule has 0 saturated heterocycles. The Bertz CT molecular complexity index is 5720. The Morgan fingerprint density at radius 1 is 0.465 bits per heavy atom. The first kappa shape index (κ1) is 86.4. The lowest BCUT2D eigenvalue weighted by Crippen LogP contribution is -2.33. The average molecular weight is 1690 g/mol. The van der Waals surface area contributed by atoms with Crippen molar-refractivity contribution in [2.45, 2.75) is 134 Å². The molecule has 2 amide bonds. The number of carbonyl (C=O) groups excluding carboxylic acids is 3. The molecule has 0 saturated carbocycles. The van der Waals surface area contributed by atoms with E-state index in [4.69, 9.17) is 27.4 Å². The van der Waals surface area contributed by atoms with E-state index < -0.39 is 11.2 Å². The number of unbranched alkanes of at least 4 members (excludes halogenated alkanes) is 3. The van der Waals surface area contributed by atoms with Crippen LogP contribution < -0.4 is 16.4 Å². The number of para-hydroxylation sites is 3. The summed E-state index contributed by atoms with van der Waals surface area (Å²) in [5.41, 5.74) is 14.7. The van der Waals surface area contributed by atoms with Crippen LogP contribution in [0.5, 0.6) is 0 Å². The van der Waals surface area contributed by atoms with Crippen LogP contribution in [-0.2, 0) is 41.9 Å². The number of rotatable bonds is 27. The number of carbonyl (C=O) groups is 3. The summed E-state index contributed by atoms with van der Waals surface area (Å²) >= 11 is 12.1. The lowest BCUT2D eigenvalue weighted by atomic mass is 10.1. The average Bonchev–Trinajstić information content (AvgIpc) is 1.59. The first-order valence-electron chi connectivity index (χ1n) is 38.0. The zero-order valence-corrected chi connectivity index (χ0v) is 70.6. The normalized spacial score (nSPS) is 11.3. The molecule has 6 heterocycles. The number of alkyl halides is 1. The Morgan fingerprint density at radius 2 is 0.842 bits per heavy atom. The molecule has 594 valence electrons. The number of alkyl carbamates (subject to hydrolysis) is 2. The topological polar surface area (TPSA) is 262 Å². The number of nitrogens with zero attached hydrogens (tertiary/aromatic N) is 8. The molecule has 0 bridgehead atoms. The van der Waals surface area contributed by atoms with Crippen LogP contribution in [0.4, 0.5) is 9.59 Å². The number of benzene rings is 9. The Labute approximate surface area is 698 Å². The number of nitrogens with two attached hydrogens (primary N) is 1. The fourth-order valence-corrected chi connectivity index (χ4v) is 15.5. The zero-order chi connectivity index (χ0) is 78.4. The summed E-state index contributed by atoms with van der Waals surface area (Å²) in [6.07, 6.45) is 12.6. The lowest BCUT2D eigenvalue weighted by molar-refractivity contribution is 0.0515. The first-order chi connectivity index (χ1) is 54.4. The SMILES string of the molecule is CC(C)(C)OC(=O)NCCCCn1c(-c2ccc3ccccc3c2)n[nH]c1=S.CC(C)(C)OC(=O)NCCCCn1c(SCCc2c[nH]c3ccccc23)nnc1-c1ccc2ccccc2c1.Cl.Cl.NCCCCn1c(SCCc2c[nH]c3ccccc23)nnc1-c1ccc2ccccc2c1.O=C(CBr)c1c[nH]c2ccccc12. The molecular formula is C88H98BrCl2N15O5S3. The van der Waals surface area contributed by atoms with E-state index in [0.717, 1.165) is 143 Å². The largest absolute Gasteiger partial charge is 0.444 e. The molecule has 0 unspecified atom stereocenters. The number of H-pyrrole nitrogens is 4. The van der Waals surface area contributed by atoms with Crippen LogP contribution in [-0.4, -0.2) is 125 Å². The number of aromatic nitrogens is 12. The maximum absolute atomic E-state index is 12.0. The fraction of sp³-hybridized carbons (Fsp3) is 0.284. The number of aryl methyl sites for hydroxylation is 2. The van der Waals surface area contributed by atoms with Gasteiger partial charge in [0.05, 0.1) is 5.33 Å². The number of hydrogen-bond acceptors (Lipinski definition) is 14. The van der Waals surface area contributed by atoms with Crippen molar-refractivity contribution in [2.24, 2.45) is 5.73 Å². The van der Waals surface area contributed by atoms with Gasteiger partial charge in [0.1, 0.15) is 11.2 Å². The van der Waals surface area contributed by atoms with Crippen molar-refractivity contribution in [3.05, 3.63) is 240 Å². The van der Waals surface area contributed by atoms with E-state index in [1.54, 1.807) is 29.7 Å². The molecule has 0 radical (unpaired) electrons. The van der Waals surface area contributed by atoms with Gasteiger partial charge in [-0.05, 0) is 192 Å². The third-order valence-electron chi connectivity index (χ3n) is 18.6. The van der Waals surface area contributed by atoms with E-state index in [2.05, 4.69) is 257 Å². The second-order valence-corrected chi connectivity index (χ2v) is 32.2. The lowest BCUT2D eigenvalue weighted by Gasteiger charge is -2.19. The number of halogens is 3. The van der Waals surface area contributed by atoms with Crippen LogP contribution in [0.2, 0.25) is 0 Å². The van der Waals surface area contributed by atoms with Gasteiger partial charge in [-0.2, -0.15) is 5.10 Å². The Morgan fingerprint density at radius 3 is 1.27 bits per heavy atom. The number of thioether (sulfide) groups is 2. The molecule has 0 fully saturated rings. The van der Waals surface area contributed by atoms with E-state index in [0.29, 0.717) is 29.7 Å². The number of ether oxygens (including phenoxy) is 2. The fourth-order valence-electron chi connectivity index (χ4n) is 13.1. The van der Waals surface area contributed by atoms with Gasteiger partial charge in [-0.15, -0.1) is 45.2 Å². The molecule has 0 atom stereocenters. The number of amides is 2. The first-order valence-corrected chi connectivity index (χ1v) is 41.5. The van der Waals surface area contributed by atoms with Crippen molar-refractivity contribution in [3.63, 3.8) is 0 Å². The maximum atomic E-state index is 12.0. The highest BCUT2D eigenvalue weighted by Gasteiger charge is 2.21. The van der Waals surface area contributed by atoms with Gasteiger partial charge in [0.15, 0.2) is 38.3 Å². The number of nitrogens with one attached hydrogen (secondary N) is 6. The van der Waals surface area contributed by atoms with E-state index >= 15 is 0 Å². The molecule has 114 heavy (non-hydrogen) atoms. The van der Waals surface area contributed by atoms with Gasteiger partial charge in [0, 0.05) is 118 Å². The molecule has 20 nitrogen and oxygen atoms in total. The number of aromatic amines is 4. The number of ketones is 1. The minimum atomic E-state index is -0.500. The highest BCUT2D eigenvalue weighted by Crippen LogP contribution is 2.33. The van der Waals surface area contributed by atoms with Crippen LogP contribution in [0.15, 0.2) is 229 Å². The van der Waals surface area contributed by atoms with Crippen molar-refractivity contribution >= 4 is 159 Å². The third-order valence-corrected chi connectivity index (χ3v) is 21.3. The molecule has 15 rings (SSSR count). The van der Waals surface area contributed by atoms with Gasteiger partial charge in [-0.25, -0.2) is 9.59 Å². The summed E-state index contributed by atoms with van der Waals surface area (Å²) in [7, 11) is 0. The Balaban J connectivity index is 0.000000168. The van der Waals surface area contributed by atoms with Gasteiger partial charge < -0.3 is 54.5 Å². The molecular weight excluding hydrogens is 1590 g/mol. The highest BCUT2D eigenvalue weighted by molar-refractivity contribution is 9.09. The standard InChI is InChI=1S/C31H35N5O2S.C26H27N5S.C21H26N4O2S.C10H8BrNO.2ClH/c1-31(2,3)38-30(37)32-17-8-9-18-36-28(24-15-14-22-10-4-5-11-23(22)20-24)34-35-29(36)39-19-16-25-21-33-27-13-7-6-12-26(25)27;27-14-5-6-15-31-25(21-12-11-19-7-1-2-8-20(19)17-21)29-30-26(31)32-16-13-22-18-28-24-10-4-3-9-23(22)24;1-21(2,3)27-20(26)22-12-6-7-13-25-18(23-24-19(25)28)17-11-10-15-8-4-5-9-16(15)14-17;11-5-10(13)8-6-12-9-4-2-1-3-7(8)9;;/h4-7,10-15,20-21,33H,8-9,16-19H2,1-3H3,(H,32,37);1-4,7-12,17-18,28H,5-6,13-16,27H2;4-5,8-11,14H,6-7,12-13H2,1-3H3,(H,22,26)(H,24,28);1-4,6,12H,5H2;2*1H. The maximum Gasteiger partial charge on any atom is 0.407 e. The van der Waals surface area contributed by atoms with Gasteiger partial charge in [0.2, 0.25) is 0 Å². The monoisotopic (exact) mass is 1690 g/mol. The van der Waals surface area contributed by atoms with Crippen molar-refractivity contribution in [1.29, 1.82) is 0 Å². The zero-order valence-electron chi connectivity index (χ0n) is 64.9. The van der Waals surface area contributed by atoms with Crippen LogP contribution >= 0.6 is 76.5 Å². The van der Waals surface area contributed by atoms with Crippen molar-refractivity contribution in [2.75, 3.05) is 36.5 Å². The molecule has 6 aromatic heterocycles. The molecule has 8 N–H and O–H groups in total. The van der Waals surface area contributed by atoms with Crippen LogP contribution in [0.1, 0.15) is 102 Å². The van der Waals surface area contributed by atoms with E-state index in [1.807, 2.05) is 82.5 Å². The minimum Gasteiger partial charge on any atom is -0.444 e. The second-order valence-electron chi connectivity index (χ2n) is 29.1. The van der Waals surface area contributed by atoms with Gasteiger partial charge in [-0.1, -0.05) is 203 Å². The van der Waals surface area contributed by atoms with Crippen molar-refractivity contribution < 1.29 is 23.9 Å². The number of hydrogen-bond donors (Lipinski definition) is 7. The Hall–Kier alpha value is -10.1. The predicted molar refractivity (Wildman–Crippen MR) is 478 cm³/mol. The van der Waals surface area contributed by atoms with Gasteiger partial charge in [-0.3, -0.25) is 9.89 Å². The van der Waals surface area contributed by atoms with Gasteiger partial charge in [0.25, 0.3) is 0 Å². The Kier molecular flexibility index (Phi) is 31.7. The number of Topliss-reactive ketones (excluding diaryl/α,β-unsaturated/α-hetero) is 1. The molecule has 15 aromatic rings. The summed E-state index contributed by atoms with van der Waals surface area (Å²) in [4.78, 5) is 44.9. The van der Waals surface area contributed by atoms with Crippen molar-refractivity contribution in [1.82, 2.24) is 69.9 Å². The molecule has 0 spiro atoms. The van der Waals surface area contributed by atoms with Gasteiger partial charge >= 0.3 is 12.2 Å². The second kappa shape index (κ2) is 41.8. The highest BCUT2D eigenvalue weighted by atomic mass is 79.9. The molecule has 0 aliphatic heterocycles. The summed E-state index contributed by atoms with van der Waals surface area (Å²) in [5, 5.41) is 44.4. The molecule has 26 heteroatoms. The molecule has 0 aliphatic rings. The molecule has 0 aliphatic carbocycles. The van der Waals surface area contributed by atoms with E-state index in [-0.39, 0.29) is 42.8 Å². The minimum absolute atomic E-state index is 0. The molecule has 9 aromatic carbocycles. The predicted octanol–water partition coefficient (Wildman–Crippen LogP) is 21.5. The quantitative estimate of drug-likeness (QED) is 0.00830. The summed E-state index contributed by atoms with van der Waals surface area (Å²) in [6, 6.07) is 68.9. The summed E-state index contributed by atoms with van der Waals surface area (Å²) < 4.78 is 17.7. The number of fused-ring (bicyclic) bond motifs is 6. The van der Waals surface area contributed by atoms with Crippen LogP contribution in [0, 0.1) is 4.77 Å².